The average molecular weight is 297 g/mol. The first-order valence-corrected chi connectivity index (χ1v) is 6.34. The SMILES string of the molecule is NC(=O)Nc1[nH]c2cc(-c3coc(C=O)c3)ccc2c1C=O. The molecule has 3 aromatic rings. The molecule has 22 heavy (non-hydrogen) atoms. The maximum absolute atomic E-state index is 11.2. The Labute approximate surface area is 124 Å². The third-order valence-electron chi connectivity index (χ3n) is 3.27. The number of hydrogen-bond acceptors (Lipinski definition) is 4. The third kappa shape index (κ3) is 2.24. The summed E-state index contributed by atoms with van der Waals surface area (Å²) in [6, 6.07) is 6.16. The maximum Gasteiger partial charge on any atom is 0.317 e. The zero-order chi connectivity index (χ0) is 15.7. The lowest BCUT2D eigenvalue weighted by molar-refractivity contribution is 0.109. The van der Waals surface area contributed by atoms with Crippen LogP contribution in [0.15, 0.2) is 34.9 Å². The van der Waals surface area contributed by atoms with E-state index < -0.39 is 6.03 Å². The minimum absolute atomic E-state index is 0.228. The van der Waals surface area contributed by atoms with Crippen molar-refractivity contribution in [3.8, 4) is 11.1 Å². The Hall–Kier alpha value is -3.35. The number of nitrogens with one attached hydrogen (secondary N) is 2. The molecular weight excluding hydrogens is 286 g/mol. The first-order chi connectivity index (χ1) is 10.6. The predicted octanol–water partition coefficient (Wildman–Crippen LogP) is 2.54. The van der Waals surface area contributed by atoms with Crippen LogP contribution in [-0.4, -0.2) is 23.6 Å². The molecule has 0 aliphatic heterocycles. The summed E-state index contributed by atoms with van der Waals surface area (Å²) in [6.45, 7) is 0. The van der Waals surface area contributed by atoms with Gasteiger partial charge in [0.1, 0.15) is 5.82 Å². The van der Waals surface area contributed by atoms with Crippen LogP contribution in [0.1, 0.15) is 20.9 Å². The van der Waals surface area contributed by atoms with Crippen molar-refractivity contribution in [3.63, 3.8) is 0 Å². The van der Waals surface area contributed by atoms with Gasteiger partial charge < -0.3 is 15.1 Å². The van der Waals surface area contributed by atoms with Crippen molar-refractivity contribution in [1.29, 1.82) is 0 Å². The molecule has 7 nitrogen and oxygen atoms in total. The highest BCUT2D eigenvalue weighted by Gasteiger charge is 2.13. The van der Waals surface area contributed by atoms with E-state index in [0.717, 1.165) is 11.1 Å². The zero-order valence-electron chi connectivity index (χ0n) is 11.3. The number of hydrogen-bond donors (Lipinski definition) is 3. The van der Waals surface area contributed by atoms with Gasteiger partial charge in [-0.1, -0.05) is 12.1 Å². The molecule has 0 aliphatic rings. The van der Waals surface area contributed by atoms with Gasteiger partial charge in [0.15, 0.2) is 18.3 Å². The number of fused-ring (bicyclic) bond motifs is 1. The highest BCUT2D eigenvalue weighted by molar-refractivity contribution is 6.07. The largest absolute Gasteiger partial charge is 0.461 e. The number of anilines is 1. The van der Waals surface area contributed by atoms with E-state index in [9.17, 15) is 14.4 Å². The summed E-state index contributed by atoms with van der Waals surface area (Å²) >= 11 is 0. The standard InChI is InChI=1S/C15H11N3O4/c16-15(21)18-14-12(6-20)11-2-1-8(4-13(11)17-14)9-3-10(5-19)22-7-9/h1-7,17H,(H3,16,18,21). The fourth-order valence-electron chi connectivity index (χ4n) is 2.31. The lowest BCUT2D eigenvalue weighted by atomic mass is 10.1. The number of aromatic amines is 1. The maximum atomic E-state index is 11.2. The molecule has 7 heteroatoms. The summed E-state index contributed by atoms with van der Waals surface area (Å²) in [5.41, 5.74) is 7.58. The summed E-state index contributed by atoms with van der Waals surface area (Å²) in [7, 11) is 0. The summed E-state index contributed by atoms with van der Waals surface area (Å²) in [4.78, 5) is 35.8. The summed E-state index contributed by atoms with van der Waals surface area (Å²) < 4.78 is 5.08. The second-order valence-electron chi connectivity index (χ2n) is 4.64. The van der Waals surface area contributed by atoms with Gasteiger partial charge in [-0.2, -0.15) is 0 Å². The molecule has 0 radical (unpaired) electrons. The Kier molecular flexibility index (Phi) is 3.23. The van der Waals surface area contributed by atoms with Gasteiger partial charge in [0, 0.05) is 16.5 Å². The van der Waals surface area contributed by atoms with E-state index in [1.165, 1.54) is 6.26 Å². The highest BCUT2D eigenvalue weighted by atomic mass is 16.3. The van der Waals surface area contributed by atoms with Crippen molar-refractivity contribution in [2.24, 2.45) is 5.73 Å². The quantitative estimate of drug-likeness (QED) is 0.641. The van der Waals surface area contributed by atoms with Gasteiger partial charge in [0.25, 0.3) is 0 Å². The van der Waals surface area contributed by atoms with Crippen LogP contribution in [-0.2, 0) is 0 Å². The fourth-order valence-corrected chi connectivity index (χ4v) is 2.31. The number of aromatic nitrogens is 1. The van der Waals surface area contributed by atoms with Crippen molar-refractivity contribution in [2.75, 3.05) is 5.32 Å². The molecule has 0 spiro atoms. The van der Waals surface area contributed by atoms with Crippen LogP contribution in [0.25, 0.3) is 22.0 Å². The first kappa shape index (κ1) is 13.6. The second kappa shape index (κ2) is 5.21. The Morgan fingerprint density at radius 1 is 1.18 bits per heavy atom. The Morgan fingerprint density at radius 2 is 2.00 bits per heavy atom. The third-order valence-corrected chi connectivity index (χ3v) is 3.27. The summed E-state index contributed by atoms with van der Waals surface area (Å²) in [6.07, 6.45) is 2.74. The van der Waals surface area contributed by atoms with Crippen LogP contribution in [0.5, 0.6) is 0 Å². The summed E-state index contributed by atoms with van der Waals surface area (Å²) in [5, 5.41) is 3.03. The van der Waals surface area contributed by atoms with Crippen LogP contribution in [0.3, 0.4) is 0 Å². The number of carbonyl (C=O) groups is 3. The van der Waals surface area contributed by atoms with E-state index in [-0.39, 0.29) is 11.6 Å². The Balaban J connectivity index is 2.11. The van der Waals surface area contributed by atoms with E-state index in [4.69, 9.17) is 10.2 Å². The van der Waals surface area contributed by atoms with Crippen molar-refractivity contribution in [3.05, 3.63) is 41.9 Å². The topological polar surface area (TPSA) is 118 Å². The van der Waals surface area contributed by atoms with Gasteiger partial charge >= 0.3 is 6.03 Å². The van der Waals surface area contributed by atoms with Crippen molar-refractivity contribution >= 4 is 35.3 Å². The molecule has 0 atom stereocenters. The Bertz CT molecular complexity index is 891. The zero-order valence-corrected chi connectivity index (χ0v) is 11.3. The number of urea groups is 1. The first-order valence-electron chi connectivity index (χ1n) is 6.34. The van der Waals surface area contributed by atoms with Gasteiger partial charge in [0.05, 0.1) is 11.8 Å². The van der Waals surface area contributed by atoms with Crippen LogP contribution in [0, 0.1) is 0 Å². The second-order valence-corrected chi connectivity index (χ2v) is 4.64. The predicted molar refractivity (Wildman–Crippen MR) is 80.0 cm³/mol. The highest BCUT2D eigenvalue weighted by Crippen LogP contribution is 2.30. The lowest BCUT2D eigenvalue weighted by Gasteiger charge is -1.97. The van der Waals surface area contributed by atoms with E-state index in [2.05, 4.69) is 10.3 Å². The molecule has 0 aliphatic carbocycles. The monoisotopic (exact) mass is 297 g/mol. The molecule has 3 rings (SSSR count). The number of rotatable bonds is 4. The van der Waals surface area contributed by atoms with Gasteiger partial charge in [0.2, 0.25) is 0 Å². The van der Waals surface area contributed by atoms with Crippen molar-refractivity contribution in [2.45, 2.75) is 0 Å². The van der Waals surface area contributed by atoms with Gasteiger partial charge in [-0.15, -0.1) is 0 Å². The number of carbonyl (C=O) groups excluding carboxylic acids is 3. The molecule has 1 aromatic carbocycles. The molecule has 0 unspecified atom stereocenters. The molecule has 2 heterocycles. The molecule has 110 valence electrons. The average Bonchev–Trinajstić information content (AvgIpc) is 3.09. The molecule has 0 bridgehead atoms. The number of H-pyrrole nitrogens is 1. The minimum Gasteiger partial charge on any atom is -0.461 e. The molecule has 0 saturated carbocycles. The normalized spacial score (nSPS) is 10.5. The van der Waals surface area contributed by atoms with Gasteiger partial charge in [-0.25, -0.2) is 4.79 Å². The van der Waals surface area contributed by atoms with E-state index in [1.54, 1.807) is 24.3 Å². The van der Waals surface area contributed by atoms with Crippen LogP contribution >= 0.6 is 0 Å². The van der Waals surface area contributed by atoms with Crippen LogP contribution < -0.4 is 11.1 Å². The number of benzene rings is 1. The van der Waals surface area contributed by atoms with E-state index in [1.807, 2.05) is 0 Å². The van der Waals surface area contributed by atoms with Crippen molar-refractivity contribution < 1.29 is 18.8 Å². The van der Waals surface area contributed by atoms with Gasteiger partial charge in [-0.05, 0) is 17.7 Å². The van der Waals surface area contributed by atoms with Crippen molar-refractivity contribution in [1.82, 2.24) is 4.98 Å². The molecule has 0 fully saturated rings. The number of nitrogens with two attached hydrogens (primary N) is 1. The number of primary amides is 1. The Morgan fingerprint density at radius 3 is 2.64 bits per heavy atom. The lowest BCUT2D eigenvalue weighted by Crippen LogP contribution is -2.20. The fraction of sp³-hybridized carbons (Fsp3) is 0. The molecule has 2 amide bonds. The number of aldehydes is 2. The molecular formula is C15H11N3O4. The number of furan rings is 1. The van der Waals surface area contributed by atoms with E-state index >= 15 is 0 Å². The molecule has 0 saturated heterocycles. The van der Waals surface area contributed by atoms with Crippen LogP contribution in [0.4, 0.5) is 10.6 Å². The number of amides is 2. The molecule has 4 N–H and O–H groups in total. The smallest absolute Gasteiger partial charge is 0.317 e. The molecule has 2 aromatic heterocycles. The summed E-state index contributed by atoms with van der Waals surface area (Å²) in [5.74, 6) is 0.474. The van der Waals surface area contributed by atoms with Crippen LogP contribution in [0.2, 0.25) is 0 Å². The van der Waals surface area contributed by atoms with E-state index in [0.29, 0.717) is 29.0 Å². The minimum atomic E-state index is -0.764. The van der Waals surface area contributed by atoms with Gasteiger partial charge in [-0.3, -0.25) is 14.9 Å².